The molecule has 1 nitrogen and oxygen atoms in total. The number of aliphatic hydroxyl groups is 1. The minimum atomic E-state index is -0.201. The van der Waals surface area contributed by atoms with E-state index < -0.39 is 0 Å². The third-order valence-corrected chi connectivity index (χ3v) is 4.26. The largest absolute Gasteiger partial charge is 0.392 e. The van der Waals surface area contributed by atoms with Gasteiger partial charge in [0.05, 0.1) is 6.10 Å². The Kier molecular flexibility index (Phi) is 18.2. The summed E-state index contributed by atoms with van der Waals surface area (Å²) in [5.41, 5.74) is 0. The SMILES string of the molecule is CCCCCCC#CCC(O)CCCCCCCCCCC. The summed E-state index contributed by atoms with van der Waals surface area (Å²) in [5, 5.41) is 9.89. The molecular weight excluding hydrogens is 268 g/mol. The van der Waals surface area contributed by atoms with Crippen molar-refractivity contribution in [1.29, 1.82) is 0 Å². The maximum Gasteiger partial charge on any atom is 0.0649 e. The fraction of sp³-hybridized carbons (Fsp3) is 0.905. The van der Waals surface area contributed by atoms with E-state index in [0.717, 1.165) is 19.3 Å². The molecule has 0 aromatic heterocycles. The average molecular weight is 309 g/mol. The molecule has 0 aliphatic rings. The van der Waals surface area contributed by atoms with Crippen LogP contribution in [0, 0.1) is 11.8 Å². The molecule has 0 bridgehead atoms. The lowest BCUT2D eigenvalue weighted by Crippen LogP contribution is -2.04. The normalized spacial score (nSPS) is 12.0. The summed E-state index contributed by atoms with van der Waals surface area (Å²) in [5.74, 6) is 6.34. The molecule has 1 unspecified atom stereocenters. The van der Waals surface area contributed by atoms with Gasteiger partial charge in [0.25, 0.3) is 0 Å². The highest BCUT2D eigenvalue weighted by Gasteiger charge is 2.01. The first-order valence-corrected chi connectivity index (χ1v) is 9.95. The monoisotopic (exact) mass is 308 g/mol. The van der Waals surface area contributed by atoms with E-state index >= 15 is 0 Å². The molecule has 0 saturated carbocycles. The van der Waals surface area contributed by atoms with Gasteiger partial charge in [-0.25, -0.2) is 0 Å². The Balaban J connectivity index is 3.25. The second-order valence-electron chi connectivity index (χ2n) is 6.64. The lowest BCUT2D eigenvalue weighted by molar-refractivity contribution is 0.166. The number of hydrogen-bond donors (Lipinski definition) is 1. The van der Waals surface area contributed by atoms with E-state index in [2.05, 4.69) is 25.7 Å². The first-order valence-electron chi connectivity index (χ1n) is 9.95. The summed E-state index contributed by atoms with van der Waals surface area (Å²) in [7, 11) is 0. The zero-order chi connectivity index (χ0) is 16.3. The minimum absolute atomic E-state index is 0.201. The van der Waals surface area contributed by atoms with Gasteiger partial charge in [-0.15, -0.1) is 11.8 Å². The van der Waals surface area contributed by atoms with Crippen molar-refractivity contribution >= 4 is 0 Å². The topological polar surface area (TPSA) is 20.2 Å². The number of unbranched alkanes of at least 4 members (excludes halogenated alkanes) is 12. The molecule has 0 aliphatic heterocycles. The van der Waals surface area contributed by atoms with Crippen molar-refractivity contribution in [2.45, 2.75) is 123 Å². The van der Waals surface area contributed by atoms with Gasteiger partial charge >= 0.3 is 0 Å². The van der Waals surface area contributed by atoms with E-state index in [-0.39, 0.29) is 6.10 Å². The van der Waals surface area contributed by atoms with Gasteiger partial charge in [-0.05, 0) is 12.8 Å². The summed E-state index contributed by atoms with van der Waals surface area (Å²) in [6, 6.07) is 0. The average Bonchev–Trinajstić information content (AvgIpc) is 2.52. The van der Waals surface area contributed by atoms with Crippen molar-refractivity contribution in [2.24, 2.45) is 0 Å². The second kappa shape index (κ2) is 18.6. The molecule has 0 spiro atoms. The van der Waals surface area contributed by atoms with Crippen molar-refractivity contribution in [1.82, 2.24) is 0 Å². The standard InChI is InChI=1S/C21H40O/c1-3-5-7-9-11-12-14-16-18-20-21(22)19-17-15-13-10-8-6-4-2/h21-22H,3-14,16,18-20H2,1-2H3. The molecule has 1 N–H and O–H groups in total. The van der Waals surface area contributed by atoms with Gasteiger partial charge in [-0.1, -0.05) is 90.9 Å². The van der Waals surface area contributed by atoms with E-state index in [1.54, 1.807) is 0 Å². The van der Waals surface area contributed by atoms with Gasteiger partial charge in [0.15, 0.2) is 0 Å². The van der Waals surface area contributed by atoms with Gasteiger partial charge in [0.2, 0.25) is 0 Å². The third-order valence-electron chi connectivity index (χ3n) is 4.26. The smallest absolute Gasteiger partial charge is 0.0649 e. The molecule has 22 heavy (non-hydrogen) atoms. The molecule has 0 aromatic rings. The van der Waals surface area contributed by atoms with E-state index in [9.17, 15) is 5.11 Å². The van der Waals surface area contributed by atoms with Crippen LogP contribution in [0.3, 0.4) is 0 Å². The van der Waals surface area contributed by atoms with Crippen LogP contribution in [0.2, 0.25) is 0 Å². The Hall–Kier alpha value is -0.480. The molecule has 0 saturated heterocycles. The predicted molar refractivity (Wildman–Crippen MR) is 99.0 cm³/mol. The summed E-state index contributed by atoms with van der Waals surface area (Å²) in [4.78, 5) is 0. The van der Waals surface area contributed by atoms with Crippen LogP contribution in [-0.2, 0) is 0 Å². The van der Waals surface area contributed by atoms with E-state index in [0.29, 0.717) is 6.42 Å². The lowest BCUT2D eigenvalue weighted by atomic mass is 10.0. The highest BCUT2D eigenvalue weighted by molar-refractivity contribution is 5.00. The van der Waals surface area contributed by atoms with Crippen molar-refractivity contribution in [3.05, 3.63) is 0 Å². The van der Waals surface area contributed by atoms with Gasteiger partial charge in [0.1, 0.15) is 0 Å². The zero-order valence-corrected chi connectivity index (χ0v) is 15.3. The Bertz CT molecular complexity index is 261. The van der Waals surface area contributed by atoms with Crippen molar-refractivity contribution in [3.63, 3.8) is 0 Å². The lowest BCUT2D eigenvalue weighted by Gasteiger charge is -2.06. The summed E-state index contributed by atoms with van der Waals surface area (Å²) in [6.45, 7) is 4.50. The maximum atomic E-state index is 9.89. The number of hydrogen-bond acceptors (Lipinski definition) is 1. The van der Waals surface area contributed by atoms with Crippen LogP contribution in [0.1, 0.15) is 117 Å². The fourth-order valence-corrected chi connectivity index (χ4v) is 2.71. The maximum absolute atomic E-state index is 9.89. The summed E-state index contributed by atoms with van der Waals surface area (Å²) >= 11 is 0. The van der Waals surface area contributed by atoms with Crippen LogP contribution in [-0.4, -0.2) is 11.2 Å². The van der Waals surface area contributed by atoms with Crippen LogP contribution in [0.25, 0.3) is 0 Å². The molecule has 0 aromatic carbocycles. The molecule has 1 atom stereocenters. The molecule has 1 heteroatoms. The molecular formula is C21H40O. The van der Waals surface area contributed by atoms with Crippen molar-refractivity contribution < 1.29 is 5.11 Å². The molecule has 0 fully saturated rings. The van der Waals surface area contributed by atoms with Gasteiger partial charge in [-0.3, -0.25) is 0 Å². The molecule has 0 heterocycles. The Labute approximate surface area is 140 Å². The van der Waals surface area contributed by atoms with Crippen LogP contribution >= 0.6 is 0 Å². The van der Waals surface area contributed by atoms with E-state index in [1.807, 2.05) is 0 Å². The predicted octanol–water partition coefficient (Wildman–Crippen LogP) is 6.63. The minimum Gasteiger partial charge on any atom is -0.392 e. The van der Waals surface area contributed by atoms with Crippen LogP contribution in [0.15, 0.2) is 0 Å². The molecule has 0 aliphatic carbocycles. The van der Waals surface area contributed by atoms with E-state index in [1.165, 1.54) is 77.0 Å². The van der Waals surface area contributed by atoms with Gasteiger partial charge in [-0.2, -0.15) is 0 Å². The second-order valence-corrected chi connectivity index (χ2v) is 6.64. The fourth-order valence-electron chi connectivity index (χ4n) is 2.71. The number of rotatable bonds is 15. The first kappa shape index (κ1) is 21.5. The van der Waals surface area contributed by atoms with Crippen LogP contribution < -0.4 is 0 Å². The van der Waals surface area contributed by atoms with Gasteiger partial charge < -0.3 is 5.11 Å². The Morgan fingerprint density at radius 2 is 1.14 bits per heavy atom. The van der Waals surface area contributed by atoms with Gasteiger partial charge in [0, 0.05) is 12.8 Å². The summed E-state index contributed by atoms with van der Waals surface area (Å²) in [6.07, 6.45) is 19.6. The molecule has 0 rings (SSSR count). The highest BCUT2D eigenvalue weighted by atomic mass is 16.3. The molecule has 130 valence electrons. The quantitative estimate of drug-likeness (QED) is 0.266. The van der Waals surface area contributed by atoms with Crippen molar-refractivity contribution in [2.75, 3.05) is 0 Å². The Morgan fingerprint density at radius 3 is 1.73 bits per heavy atom. The van der Waals surface area contributed by atoms with Crippen LogP contribution in [0.4, 0.5) is 0 Å². The number of aliphatic hydroxyl groups excluding tert-OH is 1. The Morgan fingerprint density at radius 1 is 0.636 bits per heavy atom. The zero-order valence-electron chi connectivity index (χ0n) is 15.3. The molecule has 0 radical (unpaired) electrons. The van der Waals surface area contributed by atoms with E-state index in [4.69, 9.17) is 0 Å². The summed E-state index contributed by atoms with van der Waals surface area (Å²) < 4.78 is 0. The van der Waals surface area contributed by atoms with Crippen LogP contribution in [0.5, 0.6) is 0 Å². The third kappa shape index (κ3) is 17.6. The highest BCUT2D eigenvalue weighted by Crippen LogP contribution is 2.12. The first-order chi connectivity index (χ1) is 10.8. The van der Waals surface area contributed by atoms with Crippen molar-refractivity contribution in [3.8, 4) is 11.8 Å². The molecule has 0 amide bonds.